The van der Waals surface area contributed by atoms with Crippen LogP contribution in [0.2, 0.25) is 0 Å². The number of aryl methyl sites for hydroxylation is 1. The molecule has 1 aromatic carbocycles. The first kappa shape index (κ1) is 16.3. The fourth-order valence-electron chi connectivity index (χ4n) is 3.23. The summed E-state index contributed by atoms with van der Waals surface area (Å²) in [4.78, 5) is 21.7. The third kappa shape index (κ3) is 3.24. The minimum absolute atomic E-state index is 0.0343. The van der Waals surface area contributed by atoms with Crippen molar-refractivity contribution in [3.8, 4) is 5.75 Å². The molecule has 0 spiro atoms. The zero-order valence-electron chi connectivity index (χ0n) is 13.1. The van der Waals surface area contributed by atoms with Gasteiger partial charge in [0.25, 0.3) is 0 Å². The highest BCUT2D eigenvalue weighted by Gasteiger charge is 2.27. The molecule has 0 N–H and O–H groups in total. The topological polar surface area (TPSA) is 89.5 Å². The molecule has 1 aliphatic rings. The summed E-state index contributed by atoms with van der Waals surface area (Å²) in [6.07, 6.45) is 2.30. The number of carboxylic acid groups (broad SMARTS) is 2. The van der Waals surface area contributed by atoms with E-state index in [1.165, 1.54) is 5.56 Å². The van der Waals surface area contributed by atoms with E-state index in [1.807, 2.05) is 19.9 Å². The Hall–Kier alpha value is -2.04. The minimum atomic E-state index is -1.27. The van der Waals surface area contributed by atoms with Crippen LogP contribution in [0, 0.1) is 25.7 Å². The molecule has 0 saturated carbocycles. The standard InChI is InChI=1S/C17H22O5/c1-9-6-15(22-8-16(18)19)11(3)14-7-12(4-5-13(9)14)10(2)17(20)21/h6,10,12H,4-5,7-8H2,1-3H3,(H,18,19)(H,20,21)/p-2/t10-,12+/m0/s1. The molecule has 1 aromatic rings. The molecule has 1 aliphatic carbocycles. The Morgan fingerprint density at radius 2 is 2.00 bits per heavy atom. The summed E-state index contributed by atoms with van der Waals surface area (Å²) in [5.74, 6) is -2.22. The molecule has 0 saturated heterocycles. The number of fused-ring (bicyclic) bond motifs is 1. The van der Waals surface area contributed by atoms with Crippen LogP contribution in [0.1, 0.15) is 35.6 Å². The second-order valence-corrected chi connectivity index (χ2v) is 6.04. The molecule has 0 heterocycles. The Labute approximate surface area is 129 Å². The van der Waals surface area contributed by atoms with Crippen LogP contribution in [-0.2, 0) is 22.4 Å². The molecule has 22 heavy (non-hydrogen) atoms. The number of ether oxygens (including phenoxy) is 1. The van der Waals surface area contributed by atoms with Crippen molar-refractivity contribution in [2.45, 2.75) is 40.0 Å². The largest absolute Gasteiger partial charge is 0.550 e. The highest BCUT2D eigenvalue weighted by atomic mass is 16.5. The molecule has 5 nitrogen and oxygen atoms in total. The van der Waals surface area contributed by atoms with Crippen LogP contribution in [0.5, 0.6) is 5.75 Å². The number of carbonyl (C=O) groups is 2. The van der Waals surface area contributed by atoms with Gasteiger partial charge in [0, 0.05) is 5.97 Å². The zero-order chi connectivity index (χ0) is 16.4. The van der Waals surface area contributed by atoms with E-state index in [0.29, 0.717) is 12.2 Å². The molecule has 0 fully saturated rings. The second-order valence-electron chi connectivity index (χ2n) is 6.04. The average Bonchev–Trinajstić information content (AvgIpc) is 2.48. The SMILES string of the molecule is Cc1cc(OCC(=O)[O-])c(C)c2c1CC[C@@H]([C@H](C)C(=O)[O-])C2. The van der Waals surface area contributed by atoms with Gasteiger partial charge in [0.05, 0.1) is 5.97 Å². The van der Waals surface area contributed by atoms with Gasteiger partial charge in [-0.05, 0) is 73.3 Å². The molecule has 0 aromatic heterocycles. The molecule has 2 atom stereocenters. The molecule has 0 bridgehead atoms. The summed E-state index contributed by atoms with van der Waals surface area (Å²) in [5.41, 5.74) is 4.24. The number of rotatable bonds is 5. The maximum absolute atomic E-state index is 11.1. The first-order chi connectivity index (χ1) is 10.3. The summed E-state index contributed by atoms with van der Waals surface area (Å²) < 4.78 is 5.30. The van der Waals surface area contributed by atoms with E-state index >= 15 is 0 Å². The van der Waals surface area contributed by atoms with Gasteiger partial charge in [0.1, 0.15) is 12.4 Å². The van der Waals surface area contributed by atoms with Crippen molar-refractivity contribution in [1.82, 2.24) is 0 Å². The second kappa shape index (κ2) is 6.38. The van der Waals surface area contributed by atoms with Gasteiger partial charge < -0.3 is 24.5 Å². The van der Waals surface area contributed by atoms with Gasteiger partial charge in [-0.25, -0.2) is 0 Å². The lowest BCUT2D eigenvalue weighted by Gasteiger charge is -2.32. The fraction of sp³-hybridized carbons (Fsp3) is 0.529. The number of aliphatic carboxylic acids is 2. The van der Waals surface area contributed by atoms with Gasteiger partial charge in [0.2, 0.25) is 0 Å². The Kier molecular flexibility index (Phi) is 4.74. The normalized spacial score (nSPS) is 18.4. The van der Waals surface area contributed by atoms with Gasteiger partial charge in [-0.1, -0.05) is 6.92 Å². The number of carbonyl (C=O) groups excluding carboxylic acids is 2. The van der Waals surface area contributed by atoms with Gasteiger partial charge >= 0.3 is 0 Å². The minimum Gasteiger partial charge on any atom is -0.550 e. The molecule has 0 aliphatic heterocycles. The van der Waals surface area contributed by atoms with Crippen LogP contribution in [-0.4, -0.2) is 18.5 Å². The highest BCUT2D eigenvalue weighted by Crippen LogP contribution is 2.37. The lowest BCUT2D eigenvalue weighted by molar-refractivity contribution is -0.313. The maximum atomic E-state index is 11.1. The molecule has 120 valence electrons. The van der Waals surface area contributed by atoms with Crippen molar-refractivity contribution in [2.75, 3.05) is 6.61 Å². The van der Waals surface area contributed by atoms with Gasteiger partial charge in [-0.3, -0.25) is 0 Å². The Bertz CT molecular complexity index is 606. The van der Waals surface area contributed by atoms with Crippen LogP contribution >= 0.6 is 0 Å². The fourth-order valence-corrected chi connectivity index (χ4v) is 3.23. The van der Waals surface area contributed by atoms with Crippen molar-refractivity contribution >= 4 is 11.9 Å². The summed E-state index contributed by atoms with van der Waals surface area (Å²) in [7, 11) is 0. The first-order valence-electron chi connectivity index (χ1n) is 7.46. The van der Waals surface area contributed by atoms with Crippen LogP contribution < -0.4 is 14.9 Å². The zero-order valence-corrected chi connectivity index (χ0v) is 13.1. The highest BCUT2D eigenvalue weighted by molar-refractivity contribution is 5.68. The van der Waals surface area contributed by atoms with E-state index in [0.717, 1.165) is 29.5 Å². The maximum Gasteiger partial charge on any atom is 0.128 e. The summed E-state index contributed by atoms with van der Waals surface area (Å²) in [5, 5.41) is 21.7. The third-order valence-corrected chi connectivity index (χ3v) is 4.67. The van der Waals surface area contributed by atoms with Crippen LogP contribution in [0.25, 0.3) is 0 Å². The number of hydrogen-bond acceptors (Lipinski definition) is 5. The van der Waals surface area contributed by atoms with Crippen LogP contribution in [0.4, 0.5) is 0 Å². The monoisotopic (exact) mass is 304 g/mol. The van der Waals surface area contributed by atoms with E-state index in [2.05, 4.69) is 0 Å². The van der Waals surface area contributed by atoms with E-state index in [9.17, 15) is 19.8 Å². The summed E-state index contributed by atoms with van der Waals surface area (Å²) in [6, 6.07) is 1.85. The van der Waals surface area contributed by atoms with Gasteiger partial charge in [-0.2, -0.15) is 0 Å². The molecule has 0 amide bonds. The molecule has 0 unspecified atom stereocenters. The predicted octanol–water partition coefficient (Wildman–Crippen LogP) is -0.0770. The molecular formula is C17H20O5-2. The van der Waals surface area contributed by atoms with Gasteiger partial charge in [-0.15, -0.1) is 0 Å². The van der Waals surface area contributed by atoms with Crippen LogP contribution in [0.15, 0.2) is 6.07 Å². The molecule has 2 rings (SSSR count). The van der Waals surface area contributed by atoms with Crippen molar-refractivity contribution in [1.29, 1.82) is 0 Å². The van der Waals surface area contributed by atoms with E-state index in [1.54, 1.807) is 6.92 Å². The number of carboxylic acids is 2. The smallest absolute Gasteiger partial charge is 0.128 e. The lowest BCUT2D eigenvalue weighted by atomic mass is 9.75. The average molecular weight is 304 g/mol. The number of hydrogen-bond donors (Lipinski definition) is 0. The lowest BCUT2D eigenvalue weighted by Crippen LogP contribution is -2.36. The quantitative estimate of drug-likeness (QED) is 0.759. The Morgan fingerprint density at radius 1 is 1.32 bits per heavy atom. The summed E-state index contributed by atoms with van der Waals surface area (Å²) in [6.45, 7) is 5.04. The summed E-state index contributed by atoms with van der Waals surface area (Å²) >= 11 is 0. The van der Waals surface area contributed by atoms with Crippen molar-refractivity contribution in [2.24, 2.45) is 11.8 Å². The molecular weight excluding hydrogens is 284 g/mol. The Morgan fingerprint density at radius 3 is 2.59 bits per heavy atom. The predicted molar refractivity (Wildman–Crippen MR) is 76.1 cm³/mol. The van der Waals surface area contributed by atoms with Crippen molar-refractivity contribution in [3.05, 3.63) is 28.3 Å². The van der Waals surface area contributed by atoms with E-state index in [-0.39, 0.29) is 5.92 Å². The van der Waals surface area contributed by atoms with E-state index < -0.39 is 24.5 Å². The third-order valence-electron chi connectivity index (χ3n) is 4.67. The van der Waals surface area contributed by atoms with Crippen molar-refractivity contribution < 1.29 is 24.5 Å². The first-order valence-corrected chi connectivity index (χ1v) is 7.46. The Balaban J connectivity index is 2.32. The van der Waals surface area contributed by atoms with Crippen molar-refractivity contribution in [3.63, 3.8) is 0 Å². The van der Waals surface area contributed by atoms with E-state index in [4.69, 9.17) is 4.74 Å². The van der Waals surface area contributed by atoms with Gasteiger partial charge in [0.15, 0.2) is 0 Å². The van der Waals surface area contributed by atoms with Crippen LogP contribution in [0.3, 0.4) is 0 Å². The molecule has 5 heteroatoms. The number of benzene rings is 1. The molecule has 0 radical (unpaired) electrons.